The van der Waals surface area contributed by atoms with Crippen LogP contribution in [0.4, 0.5) is 10.1 Å². The molecule has 1 N–H and O–H groups in total. The highest BCUT2D eigenvalue weighted by atomic mass is 79.9. The smallest absolute Gasteiger partial charge is 0.255 e. The molecule has 0 atom stereocenters. The Morgan fingerprint density at radius 1 is 1.32 bits per heavy atom. The van der Waals surface area contributed by atoms with Crippen molar-refractivity contribution >= 4 is 39.1 Å². The third-order valence-electron chi connectivity index (χ3n) is 2.59. The molecule has 0 saturated carbocycles. The molecule has 0 fully saturated rings. The third-order valence-corrected chi connectivity index (χ3v) is 3.26. The van der Waals surface area contributed by atoms with Gasteiger partial charge in [-0.05, 0) is 36.8 Å². The number of anilines is 1. The lowest BCUT2D eigenvalue weighted by Gasteiger charge is -2.09. The van der Waals surface area contributed by atoms with Crippen molar-refractivity contribution in [2.45, 2.75) is 6.92 Å². The Labute approximate surface area is 123 Å². The van der Waals surface area contributed by atoms with Crippen LogP contribution in [0.25, 0.3) is 0 Å². The quantitative estimate of drug-likeness (QED) is 0.834. The van der Waals surface area contributed by atoms with Crippen LogP contribution < -0.4 is 5.32 Å². The molecular formula is C14H10BrClFNO. The summed E-state index contributed by atoms with van der Waals surface area (Å²) in [5.41, 5.74) is 1.21. The third kappa shape index (κ3) is 3.33. The Morgan fingerprint density at radius 2 is 2.05 bits per heavy atom. The number of hydrogen-bond donors (Lipinski definition) is 1. The average molecular weight is 343 g/mol. The van der Waals surface area contributed by atoms with Crippen molar-refractivity contribution in [2.24, 2.45) is 0 Å². The number of hydrogen-bond acceptors (Lipinski definition) is 1. The average Bonchev–Trinajstić information content (AvgIpc) is 2.32. The first-order valence-electron chi connectivity index (χ1n) is 5.50. The molecule has 0 bridgehead atoms. The molecule has 5 heteroatoms. The molecule has 2 aromatic carbocycles. The first-order valence-corrected chi connectivity index (χ1v) is 6.67. The molecule has 0 aliphatic heterocycles. The van der Waals surface area contributed by atoms with E-state index in [1.165, 1.54) is 12.1 Å². The number of aryl methyl sites for hydroxylation is 1. The Bertz CT molecular complexity index is 605. The normalized spacial score (nSPS) is 10.3. The van der Waals surface area contributed by atoms with Gasteiger partial charge >= 0.3 is 0 Å². The van der Waals surface area contributed by atoms with Gasteiger partial charge in [-0.3, -0.25) is 4.79 Å². The van der Waals surface area contributed by atoms with Crippen molar-refractivity contribution in [2.75, 3.05) is 5.32 Å². The van der Waals surface area contributed by atoms with Crippen LogP contribution in [0.15, 0.2) is 40.9 Å². The van der Waals surface area contributed by atoms with Gasteiger partial charge in [0, 0.05) is 15.1 Å². The SMILES string of the molecule is Cc1cccc(F)c1NC(=O)c1cc(Cl)cc(Br)c1. The zero-order chi connectivity index (χ0) is 14.0. The largest absolute Gasteiger partial charge is 0.319 e. The maximum absolute atomic E-state index is 13.6. The van der Waals surface area contributed by atoms with Crippen molar-refractivity contribution in [3.8, 4) is 0 Å². The predicted molar refractivity (Wildman–Crippen MR) is 78.2 cm³/mol. The summed E-state index contributed by atoms with van der Waals surface area (Å²) in [5.74, 6) is -0.870. The minimum atomic E-state index is -0.463. The monoisotopic (exact) mass is 341 g/mol. The van der Waals surface area contributed by atoms with Crippen LogP contribution in [0.5, 0.6) is 0 Å². The number of benzene rings is 2. The minimum Gasteiger partial charge on any atom is -0.319 e. The zero-order valence-corrected chi connectivity index (χ0v) is 12.3. The molecule has 19 heavy (non-hydrogen) atoms. The standard InChI is InChI=1S/C14H10BrClFNO/c1-8-3-2-4-12(17)13(8)18-14(19)9-5-10(15)7-11(16)6-9/h2-7H,1H3,(H,18,19). The summed E-state index contributed by atoms with van der Waals surface area (Å²) in [6, 6.07) is 9.45. The summed E-state index contributed by atoms with van der Waals surface area (Å²) in [6.45, 7) is 1.73. The van der Waals surface area contributed by atoms with Gasteiger partial charge < -0.3 is 5.32 Å². The second kappa shape index (κ2) is 5.72. The molecule has 98 valence electrons. The van der Waals surface area contributed by atoms with E-state index in [0.29, 0.717) is 20.6 Å². The molecule has 2 aromatic rings. The van der Waals surface area contributed by atoms with Gasteiger partial charge in [0.1, 0.15) is 5.82 Å². The van der Waals surface area contributed by atoms with Gasteiger partial charge in [-0.1, -0.05) is 39.7 Å². The Balaban J connectivity index is 2.31. The van der Waals surface area contributed by atoms with Crippen LogP contribution >= 0.6 is 27.5 Å². The molecule has 0 aliphatic rings. The fourth-order valence-electron chi connectivity index (χ4n) is 1.66. The van der Waals surface area contributed by atoms with Gasteiger partial charge in [-0.15, -0.1) is 0 Å². The fourth-order valence-corrected chi connectivity index (χ4v) is 2.52. The van der Waals surface area contributed by atoms with E-state index in [1.54, 1.807) is 31.2 Å². The summed E-state index contributed by atoms with van der Waals surface area (Å²) in [7, 11) is 0. The molecule has 0 heterocycles. The molecule has 2 rings (SSSR count). The highest BCUT2D eigenvalue weighted by Crippen LogP contribution is 2.23. The van der Waals surface area contributed by atoms with Gasteiger partial charge in [-0.2, -0.15) is 0 Å². The molecular weight excluding hydrogens is 333 g/mol. The van der Waals surface area contributed by atoms with Crippen LogP contribution in [-0.4, -0.2) is 5.91 Å². The van der Waals surface area contributed by atoms with Crippen LogP contribution in [0.2, 0.25) is 5.02 Å². The van der Waals surface area contributed by atoms with E-state index in [-0.39, 0.29) is 5.69 Å². The van der Waals surface area contributed by atoms with E-state index in [2.05, 4.69) is 21.2 Å². The molecule has 0 aromatic heterocycles. The van der Waals surface area contributed by atoms with Crippen LogP contribution in [0.1, 0.15) is 15.9 Å². The van der Waals surface area contributed by atoms with Crippen LogP contribution in [0.3, 0.4) is 0 Å². The Kier molecular flexibility index (Phi) is 4.22. The summed E-state index contributed by atoms with van der Waals surface area (Å²) >= 11 is 9.13. The van der Waals surface area contributed by atoms with E-state index < -0.39 is 11.7 Å². The molecule has 0 saturated heterocycles. The van der Waals surface area contributed by atoms with Crippen LogP contribution in [0, 0.1) is 12.7 Å². The van der Waals surface area contributed by atoms with Gasteiger partial charge in [0.05, 0.1) is 5.69 Å². The van der Waals surface area contributed by atoms with E-state index in [4.69, 9.17) is 11.6 Å². The maximum atomic E-state index is 13.6. The van der Waals surface area contributed by atoms with Crippen molar-refractivity contribution in [1.29, 1.82) is 0 Å². The van der Waals surface area contributed by atoms with E-state index >= 15 is 0 Å². The second-order valence-corrected chi connectivity index (χ2v) is 5.40. The topological polar surface area (TPSA) is 29.1 Å². The molecule has 0 radical (unpaired) electrons. The lowest BCUT2D eigenvalue weighted by Crippen LogP contribution is -2.14. The number of halogens is 3. The van der Waals surface area contributed by atoms with Crippen molar-refractivity contribution in [1.82, 2.24) is 0 Å². The number of amides is 1. The first-order chi connectivity index (χ1) is 8.97. The molecule has 2 nitrogen and oxygen atoms in total. The Hall–Kier alpha value is -1.39. The molecule has 0 spiro atoms. The maximum Gasteiger partial charge on any atom is 0.255 e. The number of carbonyl (C=O) groups excluding carboxylic acids is 1. The van der Waals surface area contributed by atoms with E-state index in [1.807, 2.05) is 0 Å². The van der Waals surface area contributed by atoms with Crippen LogP contribution in [-0.2, 0) is 0 Å². The lowest BCUT2D eigenvalue weighted by atomic mass is 10.1. The highest BCUT2D eigenvalue weighted by molar-refractivity contribution is 9.10. The highest BCUT2D eigenvalue weighted by Gasteiger charge is 2.12. The van der Waals surface area contributed by atoms with Gasteiger partial charge in [-0.25, -0.2) is 4.39 Å². The van der Waals surface area contributed by atoms with Crippen molar-refractivity contribution in [3.63, 3.8) is 0 Å². The van der Waals surface area contributed by atoms with Gasteiger partial charge in [0.25, 0.3) is 5.91 Å². The van der Waals surface area contributed by atoms with E-state index in [9.17, 15) is 9.18 Å². The molecule has 1 amide bonds. The fraction of sp³-hybridized carbons (Fsp3) is 0.0714. The lowest BCUT2D eigenvalue weighted by molar-refractivity contribution is 0.102. The van der Waals surface area contributed by atoms with Gasteiger partial charge in [0.15, 0.2) is 0 Å². The summed E-state index contributed by atoms with van der Waals surface area (Å²) in [6.07, 6.45) is 0. The van der Waals surface area contributed by atoms with Gasteiger partial charge in [0.2, 0.25) is 0 Å². The second-order valence-electron chi connectivity index (χ2n) is 4.04. The zero-order valence-electron chi connectivity index (χ0n) is 10.0. The predicted octanol–water partition coefficient (Wildman–Crippen LogP) is 4.80. The number of carbonyl (C=O) groups is 1. The first kappa shape index (κ1) is 14.0. The van der Waals surface area contributed by atoms with Crippen molar-refractivity contribution in [3.05, 3.63) is 62.8 Å². The number of nitrogens with one attached hydrogen (secondary N) is 1. The number of rotatable bonds is 2. The minimum absolute atomic E-state index is 0.184. The van der Waals surface area contributed by atoms with E-state index in [0.717, 1.165) is 0 Å². The molecule has 0 aliphatic carbocycles. The number of para-hydroxylation sites is 1. The van der Waals surface area contributed by atoms with Crippen molar-refractivity contribution < 1.29 is 9.18 Å². The summed E-state index contributed by atoms with van der Waals surface area (Å²) in [4.78, 5) is 12.1. The Morgan fingerprint density at radius 3 is 2.68 bits per heavy atom. The summed E-state index contributed by atoms with van der Waals surface area (Å²) < 4.78 is 14.3. The summed E-state index contributed by atoms with van der Waals surface area (Å²) in [5, 5.41) is 2.99. The molecule has 0 unspecified atom stereocenters.